The van der Waals surface area contributed by atoms with Crippen LogP contribution in [0.4, 0.5) is 5.69 Å². The molecule has 2 aromatic rings. The lowest BCUT2D eigenvalue weighted by Gasteiger charge is -2.17. The van der Waals surface area contributed by atoms with E-state index in [2.05, 4.69) is 5.32 Å². The highest BCUT2D eigenvalue weighted by Crippen LogP contribution is 2.29. The van der Waals surface area contributed by atoms with Crippen molar-refractivity contribution in [3.8, 4) is 11.5 Å². The third-order valence-electron chi connectivity index (χ3n) is 3.88. The molecular weight excluding hydrogens is 374 g/mol. The summed E-state index contributed by atoms with van der Waals surface area (Å²) in [5.74, 6) is 1.38. The number of nitrogens with one attached hydrogen (secondary N) is 1. The number of Topliss-reactive ketones (excluding diaryl/α,β-unsaturated/α-hetero) is 1. The molecule has 0 spiro atoms. The summed E-state index contributed by atoms with van der Waals surface area (Å²) in [5, 5.41) is 2.92. The first kappa shape index (κ1) is 21.8. The van der Waals surface area contributed by atoms with Gasteiger partial charge in [0.05, 0.1) is 20.0 Å². The number of benzene rings is 2. The van der Waals surface area contributed by atoms with Gasteiger partial charge in [-0.2, -0.15) is 0 Å². The maximum absolute atomic E-state index is 12.5. The zero-order chi connectivity index (χ0) is 20.7. The summed E-state index contributed by atoms with van der Waals surface area (Å²) in [6.45, 7) is 6.08. The minimum atomic E-state index is -0.0672. The number of carbonyl (C=O) groups is 2. The molecule has 0 saturated carbocycles. The maximum Gasteiger partial charge on any atom is 0.224 e. The lowest BCUT2D eigenvalue weighted by atomic mass is 9.92. The van der Waals surface area contributed by atoms with E-state index in [0.29, 0.717) is 23.5 Å². The van der Waals surface area contributed by atoms with Gasteiger partial charge in [0.2, 0.25) is 5.91 Å². The molecule has 0 radical (unpaired) electrons. The summed E-state index contributed by atoms with van der Waals surface area (Å²) in [7, 11) is 3.10. The monoisotopic (exact) mass is 401 g/mol. The van der Waals surface area contributed by atoms with Crippen LogP contribution >= 0.6 is 11.8 Å². The quantitative estimate of drug-likeness (QED) is 0.495. The lowest BCUT2D eigenvalue weighted by molar-refractivity contribution is -0.117. The molecule has 0 saturated heterocycles. The molecule has 0 unspecified atom stereocenters. The van der Waals surface area contributed by atoms with E-state index in [4.69, 9.17) is 9.47 Å². The van der Waals surface area contributed by atoms with Crippen LogP contribution in [0.2, 0.25) is 0 Å². The minimum Gasteiger partial charge on any atom is -0.493 e. The van der Waals surface area contributed by atoms with Gasteiger partial charge >= 0.3 is 0 Å². The smallest absolute Gasteiger partial charge is 0.224 e. The Morgan fingerprint density at radius 3 is 2.36 bits per heavy atom. The molecule has 0 fully saturated rings. The van der Waals surface area contributed by atoms with E-state index in [1.165, 1.54) is 11.8 Å². The summed E-state index contributed by atoms with van der Waals surface area (Å²) in [5.41, 5.74) is 1.24. The predicted octanol–water partition coefficient (Wildman–Crippen LogP) is 5.05. The molecule has 0 bridgehead atoms. The highest BCUT2D eigenvalue weighted by molar-refractivity contribution is 8.00. The number of anilines is 1. The van der Waals surface area contributed by atoms with Crippen molar-refractivity contribution in [3.05, 3.63) is 48.0 Å². The molecule has 0 aliphatic carbocycles. The SMILES string of the molecule is COc1ccc(C(=O)CSc2cccc(NC(=O)CC(C)(C)C)c2)cc1OC. The van der Waals surface area contributed by atoms with E-state index in [0.717, 1.165) is 10.6 Å². The molecule has 28 heavy (non-hydrogen) atoms. The van der Waals surface area contributed by atoms with Crippen molar-refractivity contribution < 1.29 is 19.1 Å². The summed E-state index contributed by atoms with van der Waals surface area (Å²) < 4.78 is 10.5. The van der Waals surface area contributed by atoms with Gasteiger partial charge in [-0.1, -0.05) is 26.8 Å². The maximum atomic E-state index is 12.5. The van der Waals surface area contributed by atoms with Gasteiger partial charge in [-0.05, 0) is 41.8 Å². The van der Waals surface area contributed by atoms with Crippen molar-refractivity contribution in [2.75, 3.05) is 25.3 Å². The third kappa shape index (κ3) is 6.60. The molecule has 0 aromatic heterocycles. The molecule has 0 heterocycles. The van der Waals surface area contributed by atoms with Crippen LogP contribution in [0.5, 0.6) is 11.5 Å². The van der Waals surface area contributed by atoms with Crippen molar-refractivity contribution in [1.82, 2.24) is 0 Å². The van der Waals surface area contributed by atoms with Gasteiger partial charge in [0.1, 0.15) is 0 Å². The lowest BCUT2D eigenvalue weighted by Crippen LogP contribution is -2.19. The molecule has 1 N–H and O–H groups in total. The molecule has 1 amide bonds. The Balaban J connectivity index is 1.99. The Labute approximate surface area is 170 Å². The van der Waals surface area contributed by atoms with E-state index >= 15 is 0 Å². The Hall–Kier alpha value is -2.47. The van der Waals surface area contributed by atoms with Crippen LogP contribution < -0.4 is 14.8 Å². The first-order valence-corrected chi connectivity index (χ1v) is 9.98. The number of hydrogen-bond acceptors (Lipinski definition) is 5. The topological polar surface area (TPSA) is 64.6 Å². The summed E-state index contributed by atoms with van der Waals surface area (Å²) in [4.78, 5) is 25.5. The van der Waals surface area contributed by atoms with Crippen molar-refractivity contribution >= 4 is 29.1 Å². The fourth-order valence-corrected chi connectivity index (χ4v) is 3.44. The second-order valence-electron chi connectivity index (χ2n) is 7.60. The minimum absolute atomic E-state index is 0.00637. The third-order valence-corrected chi connectivity index (χ3v) is 4.88. The van der Waals surface area contributed by atoms with Gasteiger partial charge in [0.25, 0.3) is 0 Å². The first-order valence-electron chi connectivity index (χ1n) is 9.00. The first-order chi connectivity index (χ1) is 13.2. The molecule has 0 aliphatic rings. The number of ether oxygens (including phenoxy) is 2. The van der Waals surface area contributed by atoms with E-state index in [9.17, 15) is 9.59 Å². The molecule has 2 rings (SSSR count). The number of thioether (sulfide) groups is 1. The largest absolute Gasteiger partial charge is 0.493 e. The van der Waals surface area contributed by atoms with Gasteiger partial charge in [0, 0.05) is 22.6 Å². The Kier molecular flexibility index (Phi) is 7.52. The van der Waals surface area contributed by atoms with Crippen molar-refractivity contribution in [1.29, 1.82) is 0 Å². The number of hydrogen-bond donors (Lipinski definition) is 1. The molecular formula is C22H27NO4S. The second kappa shape index (κ2) is 9.64. The fourth-order valence-electron chi connectivity index (χ4n) is 2.59. The van der Waals surface area contributed by atoms with Gasteiger partial charge in [-0.15, -0.1) is 11.8 Å². The van der Waals surface area contributed by atoms with E-state index < -0.39 is 0 Å². The van der Waals surface area contributed by atoms with Gasteiger partial charge in [0.15, 0.2) is 17.3 Å². The van der Waals surface area contributed by atoms with E-state index in [1.54, 1.807) is 32.4 Å². The van der Waals surface area contributed by atoms with E-state index in [1.807, 2.05) is 45.0 Å². The average molecular weight is 402 g/mol. The van der Waals surface area contributed by atoms with Gasteiger partial charge < -0.3 is 14.8 Å². The number of rotatable bonds is 8. The van der Waals surface area contributed by atoms with Crippen molar-refractivity contribution in [2.45, 2.75) is 32.1 Å². The number of ketones is 1. The van der Waals surface area contributed by atoms with Gasteiger partial charge in [-0.25, -0.2) is 0 Å². The number of methoxy groups -OCH3 is 2. The molecule has 6 heteroatoms. The molecule has 5 nitrogen and oxygen atoms in total. The van der Waals surface area contributed by atoms with Gasteiger partial charge in [-0.3, -0.25) is 9.59 Å². The number of carbonyl (C=O) groups excluding carboxylic acids is 2. The van der Waals surface area contributed by atoms with Crippen LogP contribution in [0.3, 0.4) is 0 Å². The van der Waals surface area contributed by atoms with E-state index in [-0.39, 0.29) is 22.9 Å². The second-order valence-corrected chi connectivity index (χ2v) is 8.64. The highest BCUT2D eigenvalue weighted by atomic mass is 32.2. The van der Waals surface area contributed by atoms with Crippen LogP contribution in [-0.4, -0.2) is 31.7 Å². The summed E-state index contributed by atoms with van der Waals surface area (Å²) >= 11 is 1.43. The molecule has 150 valence electrons. The Morgan fingerprint density at radius 1 is 1.00 bits per heavy atom. The van der Waals surface area contributed by atoms with Crippen LogP contribution in [0.15, 0.2) is 47.4 Å². The van der Waals surface area contributed by atoms with Crippen LogP contribution in [0.25, 0.3) is 0 Å². The Bertz CT molecular complexity index is 843. The standard InChI is InChI=1S/C22H27NO4S/c1-22(2,3)13-21(25)23-16-7-6-8-17(12-16)28-14-18(24)15-9-10-19(26-4)20(11-15)27-5/h6-12H,13-14H2,1-5H3,(H,23,25). The zero-order valence-corrected chi connectivity index (χ0v) is 17.8. The van der Waals surface area contributed by atoms with Crippen LogP contribution in [0.1, 0.15) is 37.6 Å². The van der Waals surface area contributed by atoms with Crippen LogP contribution in [0, 0.1) is 5.41 Å². The highest BCUT2D eigenvalue weighted by Gasteiger charge is 2.16. The molecule has 0 aliphatic heterocycles. The average Bonchev–Trinajstić information content (AvgIpc) is 2.64. The normalized spacial score (nSPS) is 11.0. The molecule has 2 aromatic carbocycles. The predicted molar refractivity (Wildman–Crippen MR) is 114 cm³/mol. The fraction of sp³-hybridized carbons (Fsp3) is 0.364. The Morgan fingerprint density at radius 2 is 1.71 bits per heavy atom. The van der Waals surface area contributed by atoms with Crippen molar-refractivity contribution in [3.63, 3.8) is 0 Å². The zero-order valence-electron chi connectivity index (χ0n) is 17.0. The summed E-state index contributed by atoms with van der Waals surface area (Å²) in [6.07, 6.45) is 0.447. The van der Waals surface area contributed by atoms with Crippen LogP contribution in [-0.2, 0) is 4.79 Å². The number of amides is 1. The summed E-state index contributed by atoms with van der Waals surface area (Å²) in [6, 6.07) is 12.7. The van der Waals surface area contributed by atoms with Crippen molar-refractivity contribution in [2.24, 2.45) is 5.41 Å². The molecule has 0 atom stereocenters.